The van der Waals surface area contributed by atoms with Gasteiger partial charge in [-0.3, -0.25) is 24.7 Å². The fourth-order valence-electron chi connectivity index (χ4n) is 5.36. The fraction of sp³-hybridized carbons (Fsp3) is 0.270. The zero-order chi connectivity index (χ0) is 33.7. The molecule has 5 N–H and O–H groups in total. The van der Waals surface area contributed by atoms with E-state index >= 15 is 0 Å². The summed E-state index contributed by atoms with van der Waals surface area (Å²) in [5.41, 5.74) is 11.7. The van der Waals surface area contributed by atoms with E-state index in [-0.39, 0.29) is 29.6 Å². The van der Waals surface area contributed by atoms with Gasteiger partial charge < -0.3 is 15.9 Å². The number of hydrogen-bond acceptors (Lipinski definition) is 7. The maximum absolute atomic E-state index is 12.8. The molecule has 47 heavy (non-hydrogen) atoms. The van der Waals surface area contributed by atoms with E-state index in [9.17, 15) is 19.5 Å². The number of imide groups is 1. The second-order valence-electron chi connectivity index (χ2n) is 12.7. The van der Waals surface area contributed by atoms with Gasteiger partial charge in [-0.15, -0.1) is 0 Å². The number of phenols is 1. The van der Waals surface area contributed by atoms with E-state index in [1.807, 2.05) is 35.1 Å². The molecular formula is C37H39N5O5. The molecule has 0 saturated heterocycles. The van der Waals surface area contributed by atoms with Crippen molar-refractivity contribution < 1.29 is 24.6 Å². The number of carbonyl (C=O) groups excluding carboxylic acids is 2. The van der Waals surface area contributed by atoms with Gasteiger partial charge in [0.2, 0.25) is 5.91 Å². The van der Waals surface area contributed by atoms with Crippen molar-refractivity contribution in [3.05, 3.63) is 107 Å². The largest absolute Gasteiger partial charge is 0.507 e. The second kappa shape index (κ2) is 14.0. The number of rotatable bonds is 11. The molecule has 0 aliphatic heterocycles. The highest BCUT2D eigenvalue weighted by molar-refractivity contribution is 6.06. The molecule has 3 aromatic carbocycles. The first-order chi connectivity index (χ1) is 22.4. The number of nitrogens with two attached hydrogens (primary N) is 1. The highest BCUT2D eigenvalue weighted by Gasteiger charge is 2.19. The van der Waals surface area contributed by atoms with E-state index in [4.69, 9.17) is 15.9 Å². The van der Waals surface area contributed by atoms with Crippen LogP contribution in [0.3, 0.4) is 0 Å². The summed E-state index contributed by atoms with van der Waals surface area (Å²) in [5, 5.41) is 27.6. The third-order valence-corrected chi connectivity index (χ3v) is 8.07. The van der Waals surface area contributed by atoms with Crippen molar-refractivity contribution in [2.75, 3.05) is 0 Å². The van der Waals surface area contributed by atoms with Gasteiger partial charge in [0.15, 0.2) is 0 Å². The summed E-state index contributed by atoms with van der Waals surface area (Å²) >= 11 is 0. The molecule has 0 radical (unpaired) electrons. The molecule has 0 spiro atoms. The minimum atomic E-state index is -1.18. The highest BCUT2D eigenvalue weighted by Crippen LogP contribution is 2.27. The van der Waals surface area contributed by atoms with Crippen LogP contribution in [0.4, 0.5) is 0 Å². The molecule has 5 aromatic rings. The standard InChI is InChI=1S/C37H39N5O5/c1-37(2,3)26-13-15-27(16-14-26)42-28(21-32(41-42)25-20-24-8-4-6-10-31(24)39-22-25)9-5-7-11-34(44)40-35(45)29-18-23(12-17-33(29)43)19-30(38)36(46)47/h4,6,8,10,12-18,20-22,30,43H,5,7,9,11,19,38H2,1-3H3,(H,46,47)(H,40,44,45)/t30-/m0/s1. The number of carbonyl (C=O) groups is 3. The number of aryl methyl sites for hydroxylation is 1. The number of phenolic OH excluding ortho intramolecular Hbond substituents is 1. The van der Waals surface area contributed by atoms with Gasteiger partial charge in [0.05, 0.1) is 22.5 Å². The maximum atomic E-state index is 12.8. The zero-order valence-corrected chi connectivity index (χ0v) is 26.7. The van der Waals surface area contributed by atoms with E-state index in [2.05, 4.69) is 67.5 Å². The Balaban J connectivity index is 1.27. The Morgan fingerprint density at radius 1 is 0.957 bits per heavy atom. The molecular weight excluding hydrogens is 594 g/mol. The molecule has 10 heteroatoms. The molecule has 0 fully saturated rings. The lowest BCUT2D eigenvalue weighted by atomic mass is 9.87. The Hall–Kier alpha value is -5.35. The monoisotopic (exact) mass is 633 g/mol. The van der Waals surface area contributed by atoms with Gasteiger partial charge >= 0.3 is 5.97 Å². The number of carboxylic acid groups (broad SMARTS) is 1. The molecule has 2 aromatic heterocycles. The summed E-state index contributed by atoms with van der Waals surface area (Å²) in [6.07, 6.45) is 3.72. The average Bonchev–Trinajstić information content (AvgIpc) is 3.47. The third kappa shape index (κ3) is 8.09. The number of nitrogens with one attached hydrogen (secondary N) is 1. The second-order valence-corrected chi connectivity index (χ2v) is 12.7. The minimum Gasteiger partial charge on any atom is -0.507 e. The average molecular weight is 634 g/mol. The number of hydrogen-bond donors (Lipinski definition) is 4. The van der Waals surface area contributed by atoms with Crippen LogP contribution in [0.1, 0.15) is 67.2 Å². The molecule has 10 nitrogen and oxygen atoms in total. The van der Waals surface area contributed by atoms with E-state index < -0.39 is 23.8 Å². The number of benzene rings is 3. The van der Waals surface area contributed by atoms with Crippen LogP contribution in [0.15, 0.2) is 85.1 Å². The first kappa shape index (κ1) is 33.0. The first-order valence-electron chi connectivity index (χ1n) is 15.6. The number of pyridine rings is 1. The van der Waals surface area contributed by atoms with E-state index in [1.165, 1.54) is 23.8 Å². The van der Waals surface area contributed by atoms with Gasteiger partial charge in [0.25, 0.3) is 5.91 Å². The Morgan fingerprint density at radius 2 is 1.70 bits per heavy atom. The smallest absolute Gasteiger partial charge is 0.320 e. The van der Waals surface area contributed by atoms with Crippen molar-refractivity contribution in [1.29, 1.82) is 0 Å². The van der Waals surface area contributed by atoms with Crippen LogP contribution in [0.5, 0.6) is 5.75 Å². The molecule has 0 aliphatic rings. The first-order valence-corrected chi connectivity index (χ1v) is 15.6. The zero-order valence-electron chi connectivity index (χ0n) is 26.7. The number of para-hydroxylation sites is 1. The Labute approximate surface area is 273 Å². The summed E-state index contributed by atoms with van der Waals surface area (Å²) in [7, 11) is 0. The number of aliphatic carboxylic acids is 1. The quantitative estimate of drug-likeness (QED) is 0.135. The van der Waals surface area contributed by atoms with Crippen LogP contribution >= 0.6 is 0 Å². The van der Waals surface area contributed by atoms with E-state index in [0.29, 0.717) is 24.8 Å². The van der Waals surface area contributed by atoms with Crippen molar-refractivity contribution in [1.82, 2.24) is 20.1 Å². The molecule has 0 bridgehead atoms. The van der Waals surface area contributed by atoms with Gasteiger partial charge in [-0.1, -0.05) is 57.2 Å². The Morgan fingerprint density at radius 3 is 2.43 bits per heavy atom. The Kier molecular flexibility index (Phi) is 9.81. The van der Waals surface area contributed by atoms with Crippen LogP contribution in [0.25, 0.3) is 27.8 Å². The number of aromatic hydroxyl groups is 1. The number of amides is 2. The SMILES string of the molecule is CC(C)(C)c1ccc(-n2nc(-c3cnc4ccccc4c3)cc2CCCCC(=O)NC(=O)c2cc(C[C@H](N)C(=O)O)ccc2O)cc1. The van der Waals surface area contributed by atoms with Gasteiger partial charge in [-0.2, -0.15) is 5.10 Å². The van der Waals surface area contributed by atoms with Crippen LogP contribution in [-0.4, -0.2) is 48.8 Å². The number of carboxylic acids is 1. The van der Waals surface area contributed by atoms with Gasteiger partial charge in [-0.05, 0) is 84.7 Å². The normalized spacial score (nSPS) is 12.2. The van der Waals surface area contributed by atoms with Crippen molar-refractivity contribution >= 4 is 28.7 Å². The van der Waals surface area contributed by atoms with Gasteiger partial charge in [-0.25, -0.2) is 4.68 Å². The minimum absolute atomic E-state index is 0.0186. The topological polar surface area (TPSA) is 160 Å². The molecule has 242 valence electrons. The summed E-state index contributed by atoms with van der Waals surface area (Å²) in [5.74, 6) is -2.73. The van der Waals surface area contributed by atoms with Crippen molar-refractivity contribution in [3.63, 3.8) is 0 Å². The van der Waals surface area contributed by atoms with Crippen molar-refractivity contribution in [2.45, 2.75) is 64.3 Å². The summed E-state index contributed by atoms with van der Waals surface area (Å²) in [4.78, 5) is 41.1. The summed E-state index contributed by atoms with van der Waals surface area (Å²) < 4.78 is 1.94. The lowest BCUT2D eigenvalue weighted by Crippen LogP contribution is -2.32. The van der Waals surface area contributed by atoms with Crippen LogP contribution in [0, 0.1) is 0 Å². The lowest BCUT2D eigenvalue weighted by Gasteiger charge is -2.19. The molecule has 5 rings (SSSR count). The van der Waals surface area contributed by atoms with Crippen molar-refractivity contribution in [2.24, 2.45) is 5.73 Å². The fourth-order valence-corrected chi connectivity index (χ4v) is 5.36. The number of nitrogens with zero attached hydrogens (tertiary/aromatic N) is 3. The predicted octanol–water partition coefficient (Wildman–Crippen LogP) is 5.71. The lowest BCUT2D eigenvalue weighted by molar-refractivity contribution is -0.138. The molecule has 1 atom stereocenters. The van der Waals surface area contributed by atoms with E-state index in [0.717, 1.165) is 33.5 Å². The molecule has 0 saturated carbocycles. The van der Waals surface area contributed by atoms with Crippen LogP contribution < -0.4 is 11.1 Å². The van der Waals surface area contributed by atoms with Crippen LogP contribution in [-0.2, 0) is 27.8 Å². The van der Waals surface area contributed by atoms with Gasteiger partial charge in [0.1, 0.15) is 11.8 Å². The molecule has 2 amide bonds. The summed E-state index contributed by atoms with van der Waals surface area (Å²) in [6, 6.07) is 23.4. The van der Waals surface area contributed by atoms with Crippen LogP contribution in [0.2, 0.25) is 0 Å². The third-order valence-electron chi connectivity index (χ3n) is 8.07. The molecule has 0 aliphatic carbocycles. The maximum Gasteiger partial charge on any atom is 0.320 e. The van der Waals surface area contributed by atoms with E-state index in [1.54, 1.807) is 0 Å². The molecule has 2 heterocycles. The highest BCUT2D eigenvalue weighted by atomic mass is 16.4. The number of fused-ring (bicyclic) bond motifs is 1. The number of aromatic nitrogens is 3. The molecule has 0 unspecified atom stereocenters. The van der Waals surface area contributed by atoms with Gasteiger partial charge in [0, 0.05) is 29.3 Å². The van der Waals surface area contributed by atoms with Crippen molar-refractivity contribution in [3.8, 4) is 22.7 Å². The number of unbranched alkanes of at least 4 members (excludes halogenated alkanes) is 1. The Bertz CT molecular complexity index is 1920. The predicted molar refractivity (Wildman–Crippen MR) is 180 cm³/mol. The summed E-state index contributed by atoms with van der Waals surface area (Å²) in [6.45, 7) is 6.52.